The highest BCUT2D eigenvalue weighted by atomic mass is 35.5. The van der Waals surface area contributed by atoms with Crippen molar-refractivity contribution in [2.24, 2.45) is 17.6 Å². The van der Waals surface area contributed by atoms with Crippen molar-refractivity contribution in [2.45, 2.75) is 30.3 Å². The molecule has 5 atom stereocenters. The van der Waals surface area contributed by atoms with Crippen molar-refractivity contribution in [3.05, 3.63) is 33.8 Å². The fourth-order valence-electron chi connectivity index (χ4n) is 3.63. The molecule has 6 nitrogen and oxygen atoms in total. The van der Waals surface area contributed by atoms with Crippen molar-refractivity contribution in [3.63, 3.8) is 0 Å². The lowest BCUT2D eigenvalue weighted by Crippen LogP contribution is -2.60. The minimum atomic E-state index is -2.60. The zero-order chi connectivity index (χ0) is 17.9. The third-order valence-corrected chi connectivity index (χ3v) is 5.67. The topological polar surface area (TPSA) is 110 Å². The minimum absolute atomic E-state index is 0.000414. The molecular formula is C15H14Cl2FNO5. The molecule has 2 aliphatic carbocycles. The summed E-state index contributed by atoms with van der Waals surface area (Å²) in [4.78, 5) is 22.7. The van der Waals surface area contributed by atoms with Gasteiger partial charge in [0.25, 0.3) is 0 Å². The maximum atomic E-state index is 14.4. The molecule has 9 heteroatoms. The Kier molecular flexibility index (Phi) is 4.03. The molecule has 0 heterocycles. The van der Waals surface area contributed by atoms with E-state index in [2.05, 4.69) is 0 Å². The molecule has 5 unspecified atom stereocenters. The van der Waals surface area contributed by atoms with Gasteiger partial charge in [0, 0.05) is 11.8 Å². The van der Waals surface area contributed by atoms with E-state index in [0.29, 0.717) is 15.6 Å². The third kappa shape index (κ3) is 2.30. The Balaban J connectivity index is 1.76. The van der Waals surface area contributed by atoms with Crippen molar-refractivity contribution in [1.29, 1.82) is 0 Å². The van der Waals surface area contributed by atoms with Crippen molar-refractivity contribution in [2.75, 3.05) is 0 Å². The maximum absolute atomic E-state index is 14.4. The van der Waals surface area contributed by atoms with Gasteiger partial charge in [0.2, 0.25) is 5.67 Å². The predicted octanol–water partition coefficient (Wildman–Crippen LogP) is 2.10. The van der Waals surface area contributed by atoms with Crippen LogP contribution in [0.25, 0.3) is 0 Å². The van der Waals surface area contributed by atoms with E-state index in [9.17, 15) is 19.1 Å². The number of carboxylic acids is 2. The highest BCUT2D eigenvalue weighted by molar-refractivity contribution is 6.42. The fourth-order valence-corrected chi connectivity index (χ4v) is 3.95. The van der Waals surface area contributed by atoms with Gasteiger partial charge in [0.1, 0.15) is 5.54 Å². The summed E-state index contributed by atoms with van der Waals surface area (Å²) in [5.74, 6) is -5.43. The van der Waals surface area contributed by atoms with Crippen LogP contribution in [-0.4, -0.2) is 39.5 Å². The van der Waals surface area contributed by atoms with Crippen LogP contribution >= 0.6 is 23.2 Å². The summed E-state index contributed by atoms with van der Waals surface area (Å²) in [6, 6.07) is 4.79. The van der Waals surface area contributed by atoms with Crippen LogP contribution < -0.4 is 5.73 Å². The van der Waals surface area contributed by atoms with Crippen LogP contribution in [0.1, 0.15) is 12.0 Å². The standard InChI is InChI=1S/C15H14Cl2FNO5/c16-8-2-1-6(3-9(8)17)5-24-10-4-7-11(14(7,18)12(20)21)15(10,19)13(22)23/h1-3,7,10-11H,4-5,19H2,(H,20,21)(H,22,23). The molecule has 2 aliphatic rings. The lowest BCUT2D eigenvalue weighted by molar-refractivity contribution is -0.156. The van der Waals surface area contributed by atoms with E-state index in [1.807, 2.05) is 0 Å². The molecule has 24 heavy (non-hydrogen) atoms. The molecule has 3 rings (SSSR count). The Morgan fingerprint density at radius 1 is 1.29 bits per heavy atom. The molecule has 0 aliphatic heterocycles. The number of nitrogens with two attached hydrogens (primary N) is 1. The maximum Gasteiger partial charge on any atom is 0.342 e. The number of carbonyl (C=O) groups is 2. The lowest BCUT2D eigenvalue weighted by Gasteiger charge is -2.31. The van der Waals surface area contributed by atoms with E-state index in [4.69, 9.17) is 38.8 Å². The molecular weight excluding hydrogens is 364 g/mol. The zero-order valence-electron chi connectivity index (χ0n) is 12.2. The normalized spacial score (nSPS) is 37.1. The van der Waals surface area contributed by atoms with Crippen molar-refractivity contribution >= 4 is 35.1 Å². The number of hydrogen-bond acceptors (Lipinski definition) is 4. The van der Waals surface area contributed by atoms with Crippen molar-refractivity contribution in [3.8, 4) is 0 Å². The first-order valence-corrected chi connectivity index (χ1v) is 7.89. The second kappa shape index (κ2) is 5.56. The highest BCUT2D eigenvalue weighted by Crippen LogP contribution is 2.67. The molecule has 0 saturated heterocycles. The zero-order valence-corrected chi connectivity index (χ0v) is 13.7. The predicted molar refractivity (Wildman–Crippen MR) is 82.7 cm³/mol. The fraction of sp³-hybridized carbons (Fsp3) is 0.467. The number of ether oxygens (including phenoxy) is 1. The van der Waals surface area contributed by atoms with Crippen LogP contribution in [0.4, 0.5) is 4.39 Å². The number of carboxylic acid groups (broad SMARTS) is 2. The van der Waals surface area contributed by atoms with Gasteiger partial charge in [-0.1, -0.05) is 29.3 Å². The van der Waals surface area contributed by atoms with Gasteiger partial charge in [0.05, 0.1) is 22.8 Å². The molecule has 2 fully saturated rings. The van der Waals surface area contributed by atoms with Gasteiger partial charge in [-0.2, -0.15) is 0 Å². The van der Waals surface area contributed by atoms with Gasteiger partial charge in [-0.15, -0.1) is 0 Å². The van der Waals surface area contributed by atoms with E-state index >= 15 is 0 Å². The van der Waals surface area contributed by atoms with Gasteiger partial charge >= 0.3 is 11.9 Å². The first-order valence-electron chi connectivity index (χ1n) is 7.13. The molecule has 0 aromatic heterocycles. The van der Waals surface area contributed by atoms with Crippen LogP contribution in [0.15, 0.2) is 18.2 Å². The second-order valence-electron chi connectivity index (χ2n) is 6.18. The average Bonchev–Trinajstić information content (AvgIpc) is 2.98. The Labute approximate surface area is 146 Å². The number of fused-ring (bicyclic) bond motifs is 1. The molecule has 0 spiro atoms. The summed E-state index contributed by atoms with van der Waals surface area (Å²) in [7, 11) is 0. The monoisotopic (exact) mass is 377 g/mol. The summed E-state index contributed by atoms with van der Waals surface area (Å²) in [5.41, 5.74) is 1.84. The molecule has 4 N–H and O–H groups in total. The van der Waals surface area contributed by atoms with E-state index in [-0.39, 0.29) is 13.0 Å². The molecule has 0 amide bonds. The number of alkyl halides is 1. The summed E-state index contributed by atoms with van der Waals surface area (Å²) in [5, 5.41) is 19.1. The van der Waals surface area contributed by atoms with Crippen LogP contribution in [0.3, 0.4) is 0 Å². The van der Waals surface area contributed by atoms with Gasteiger partial charge in [-0.05, 0) is 24.1 Å². The number of benzene rings is 1. The van der Waals surface area contributed by atoms with E-state index in [1.54, 1.807) is 18.2 Å². The van der Waals surface area contributed by atoms with E-state index < -0.39 is 41.1 Å². The van der Waals surface area contributed by atoms with Crippen LogP contribution in [-0.2, 0) is 20.9 Å². The molecule has 130 valence electrons. The summed E-state index contributed by atoms with van der Waals surface area (Å²) < 4.78 is 20.0. The second-order valence-corrected chi connectivity index (χ2v) is 6.99. The minimum Gasteiger partial charge on any atom is -0.480 e. The Morgan fingerprint density at radius 2 is 1.96 bits per heavy atom. The van der Waals surface area contributed by atoms with Crippen LogP contribution in [0.5, 0.6) is 0 Å². The largest absolute Gasteiger partial charge is 0.480 e. The van der Waals surface area contributed by atoms with Gasteiger partial charge in [-0.3, -0.25) is 4.79 Å². The first-order chi connectivity index (χ1) is 11.1. The quantitative estimate of drug-likeness (QED) is 0.724. The number of halogens is 3. The SMILES string of the molecule is NC1(C(=O)O)C(OCc2ccc(Cl)c(Cl)c2)CC2C1C2(F)C(=O)O. The van der Waals surface area contributed by atoms with Crippen molar-refractivity contribution < 1.29 is 28.9 Å². The van der Waals surface area contributed by atoms with Gasteiger partial charge < -0.3 is 20.7 Å². The molecule has 1 aromatic rings. The number of aliphatic carboxylic acids is 2. The molecule has 2 saturated carbocycles. The van der Waals surface area contributed by atoms with E-state index in [0.717, 1.165) is 0 Å². The lowest BCUT2D eigenvalue weighted by atomic mass is 9.88. The Bertz CT molecular complexity index is 732. The highest BCUT2D eigenvalue weighted by Gasteiger charge is 2.85. The van der Waals surface area contributed by atoms with Gasteiger partial charge in [-0.25, -0.2) is 9.18 Å². The smallest absolute Gasteiger partial charge is 0.342 e. The molecule has 1 aromatic carbocycles. The van der Waals surface area contributed by atoms with Gasteiger partial charge in [0.15, 0.2) is 0 Å². The van der Waals surface area contributed by atoms with Crippen LogP contribution in [0.2, 0.25) is 10.0 Å². The average molecular weight is 378 g/mol. The molecule has 0 radical (unpaired) electrons. The van der Waals surface area contributed by atoms with Crippen LogP contribution in [0, 0.1) is 11.8 Å². The number of hydrogen-bond donors (Lipinski definition) is 3. The summed E-state index contributed by atoms with van der Waals surface area (Å²) in [6.45, 7) is -0.000414. The first kappa shape index (κ1) is 17.4. The Hall–Kier alpha value is -1.41. The third-order valence-electron chi connectivity index (χ3n) is 4.93. The Morgan fingerprint density at radius 3 is 2.50 bits per heavy atom. The number of rotatable bonds is 5. The van der Waals surface area contributed by atoms with Crippen molar-refractivity contribution in [1.82, 2.24) is 0 Å². The molecule has 0 bridgehead atoms. The van der Waals surface area contributed by atoms with E-state index in [1.165, 1.54) is 0 Å². The summed E-state index contributed by atoms with van der Waals surface area (Å²) >= 11 is 11.7. The summed E-state index contributed by atoms with van der Waals surface area (Å²) in [6.07, 6.45) is -1.07.